The lowest BCUT2D eigenvalue weighted by atomic mass is 9.84. The summed E-state index contributed by atoms with van der Waals surface area (Å²) in [6.45, 7) is 5.64. The number of nitrogens with one attached hydrogen (secondary N) is 1. The highest BCUT2D eigenvalue weighted by Gasteiger charge is 2.29. The fraction of sp³-hybridized carbons (Fsp3) is 0.429. The Morgan fingerprint density at radius 2 is 2.00 bits per heavy atom. The van der Waals surface area contributed by atoms with Crippen LogP contribution in [0.25, 0.3) is 0 Å². The molecule has 0 radical (unpaired) electrons. The fourth-order valence-corrected chi connectivity index (χ4v) is 2.10. The molecule has 0 bridgehead atoms. The lowest BCUT2D eigenvalue weighted by molar-refractivity contribution is -0.138. The summed E-state index contributed by atoms with van der Waals surface area (Å²) in [5.74, 6) is -1.31. The molecule has 1 amide bonds. The summed E-state index contributed by atoms with van der Waals surface area (Å²) in [7, 11) is 0. The van der Waals surface area contributed by atoms with Gasteiger partial charge in [0.1, 0.15) is 0 Å². The Hall–Kier alpha value is -1.56. The summed E-state index contributed by atoms with van der Waals surface area (Å²) in [4.78, 5) is 23.1. The minimum atomic E-state index is -0.950. The maximum absolute atomic E-state index is 12.2. The molecule has 20 heavy (non-hydrogen) atoms. The minimum Gasteiger partial charge on any atom is -0.481 e. The van der Waals surface area contributed by atoms with Gasteiger partial charge in [-0.25, -0.2) is 0 Å². The molecule has 0 saturated heterocycles. The number of rotatable bonds is 4. The number of nitrogen functional groups attached to an aromatic ring is 1. The van der Waals surface area contributed by atoms with E-state index in [1.807, 2.05) is 20.8 Å². The van der Waals surface area contributed by atoms with Crippen molar-refractivity contribution in [2.24, 2.45) is 5.41 Å². The van der Waals surface area contributed by atoms with Crippen molar-refractivity contribution in [1.82, 2.24) is 5.32 Å². The number of carboxylic acids is 1. The van der Waals surface area contributed by atoms with Crippen molar-refractivity contribution in [3.63, 3.8) is 0 Å². The van der Waals surface area contributed by atoms with Crippen LogP contribution >= 0.6 is 15.9 Å². The molecule has 0 aromatic heterocycles. The van der Waals surface area contributed by atoms with Crippen LogP contribution in [0.5, 0.6) is 0 Å². The van der Waals surface area contributed by atoms with Crippen molar-refractivity contribution in [3.8, 4) is 0 Å². The highest BCUT2D eigenvalue weighted by Crippen LogP contribution is 2.24. The number of amides is 1. The third kappa shape index (κ3) is 4.52. The van der Waals surface area contributed by atoms with Gasteiger partial charge in [-0.15, -0.1) is 0 Å². The summed E-state index contributed by atoms with van der Waals surface area (Å²) in [5.41, 5.74) is 6.13. The molecule has 6 heteroatoms. The van der Waals surface area contributed by atoms with Gasteiger partial charge < -0.3 is 16.2 Å². The van der Waals surface area contributed by atoms with E-state index in [1.54, 1.807) is 18.2 Å². The number of halogens is 1. The van der Waals surface area contributed by atoms with Gasteiger partial charge in [0.25, 0.3) is 5.91 Å². The zero-order valence-electron chi connectivity index (χ0n) is 11.7. The van der Waals surface area contributed by atoms with Gasteiger partial charge >= 0.3 is 5.97 Å². The molecule has 1 unspecified atom stereocenters. The average molecular weight is 343 g/mol. The van der Waals surface area contributed by atoms with Gasteiger partial charge in [-0.3, -0.25) is 9.59 Å². The molecule has 0 spiro atoms. The third-order valence-electron chi connectivity index (χ3n) is 2.99. The SMILES string of the molecule is CC(C)(C)C(CC(=O)O)NC(=O)c1ccc(Br)cc1N. The Morgan fingerprint density at radius 1 is 1.40 bits per heavy atom. The fourth-order valence-electron chi connectivity index (χ4n) is 1.72. The molecule has 1 aromatic carbocycles. The summed E-state index contributed by atoms with van der Waals surface area (Å²) in [6.07, 6.45) is -0.133. The molecular weight excluding hydrogens is 324 g/mol. The van der Waals surface area contributed by atoms with Crippen LogP contribution in [-0.4, -0.2) is 23.0 Å². The second-order valence-corrected chi connectivity index (χ2v) is 6.64. The first kappa shape index (κ1) is 16.5. The van der Waals surface area contributed by atoms with E-state index >= 15 is 0 Å². The first-order valence-electron chi connectivity index (χ1n) is 6.19. The van der Waals surface area contributed by atoms with Gasteiger partial charge in [-0.2, -0.15) is 0 Å². The third-order valence-corrected chi connectivity index (χ3v) is 3.48. The highest BCUT2D eigenvalue weighted by atomic mass is 79.9. The zero-order chi connectivity index (χ0) is 15.5. The standard InChI is InChI=1S/C14H19BrN2O3/c1-14(2,3)11(7-12(18)19)17-13(20)9-5-4-8(15)6-10(9)16/h4-6,11H,7,16H2,1-3H3,(H,17,20)(H,18,19). The summed E-state index contributed by atoms with van der Waals surface area (Å²) in [6, 6.07) is 4.48. The second kappa shape index (κ2) is 6.26. The normalized spacial score (nSPS) is 12.8. The van der Waals surface area contributed by atoms with E-state index in [0.29, 0.717) is 11.3 Å². The number of anilines is 1. The average Bonchev–Trinajstić information content (AvgIpc) is 2.25. The molecule has 5 nitrogen and oxygen atoms in total. The quantitative estimate of drug-likeness (QED) is 0.733. The van der Waals surface area contributed by atoms with Crippen LogP contribution in [0.3, 0.4) is 0 Å². The molecule has 0 aliphatic heterocycles. The molecule has 0 saturated carbocycles. The summed E-state index contributed by atoms with van der Waals surface area (Å²) in [5, 5.41) is 11.7. The Balaban J connectivity index is 2.93. The van der Waals surface area contributed by atoms with Crippen LogP contribution in [0, 0.1) is 5.41 Å². The molecule has 1 atom stereocenters. The predicted molar refractivity (Wildman–Crippen MR) is 81.5 cm³/mol. The Kier molecular flexibility index (Phi) is 5.16. The Bertz CT molecular complexity index is 524. The first-order valence-corrected chi connectivity index (χ1v) is 6.98. The smallest absolute Gasteiger partial charge is 0.305 e. The van der Waals surface area contributed by atoms with Crippen molar-refractivity contribution in [2.45, 2.75) is 33.2 Å². The van der Waals surface area contributed by atoms with E-state index in [0.717, 1.165) is 4.47 Å². The van der Waals surface area contributed by atoms with Gasteiger partial charge in [-0.05, 0) is 23.6 Å². The lowest BCUT2D eigenvalue weighted by Crippen LogP contribution is -2.45. The molecule has 1 aromatic rings. The van der Waals surface area contributed by atoms with Crippen molar-refractivity contribution in [3.05, 3.63) is 28.2 Å². The largest absolute Gasteiger partial charge is 0.481 e. The Labute approximate surface area is 126 Å². The number of carbonyl (C=O) groups is 2. The van der Waals surface area contributed by atoms with Crippen molar-refractivity contribution < 1.29 is 14.7 Å². The van der Waals surface area contributed by atoms with Crippen LogP contribution in [0.4, 0.5) is 5.69 Å². The lowest BCUT2D eigenvalue weighted by Gasteiger charge is -2.30. The van der Waals surface area contributed by atoms with Crippen LogP contribution in [0.1, 0.15) is 37.6 Å². The van der Waals surface area contributed by atoms with Crippen LogP contribution in [0.2, 0.25) is 0 Å². The predicted octanol–water partition coefficient (Wildman–Crippen LogP) is 2.65. The maximum Gasteiger partial charge on any atom is 0.305 e. The van der Waals surface area contributed by atoms with E-state index in [9.17, 15) is 9.59 Å². The number of aliphatic carboxylic acids is 1. The number of nitrogens with two attached hydrogens (primary N) is 1. The molecule has 0 heterocycles. The van der Waals surface area contributed by atoms with Crippen LogP contribution in [0.15, 0.2) is 22.7 Å². The molecule has 4 N–H and O–H groups in total. The van der Waals surface area contributed by atoms with E-state index in [4.69, 9.17) is 10.8 Å². The van der Waals surface area contributed by atoms with Gasteiger partial charge in [0, 0.05) is 16.2 Å². The summed E-state index contributed by atoms with van der Waals surface area (Å²) >= 11 is 3.27. The van der Waals surface area contributed by atoms with E-state index in [2.05, 4.69) is 21.2 Å². The topological polar surface area (TPSA) is 92.4 Å². The number of carbonyl (C=O) groups excluding carboxylic acids is 1. The van der Waals surface area contributed by atoms with Crippen molar-refractivity contribution in [1.29, 1.82) is 0 Å². The number of hydrogen-bond acceptors (Lipinski definition) is 3. The van der Waals surface area contributed by atoms with Gasteiger partial charge in [-0.1, -0.05) is 36.7 Å². The van der Waals surface area contributed by atoms with Gasteiger partial charge in [0.05, 0.1) is 12.0 Å². The molecule has 0 aliphatic rings. The molecule has 1 rings (SSSR count). The maximum atomic E-state index is 12.2. The molecule has 0 aliphatic carbocycles. The van der Waals surface area contributed by atoms with E-state index < -0.39 is 12.0 Å². The van der Waals surface area contributed by atoms with Crippen LogP contribution in [-0.2, 0) is 4.79 Å². The molecular formula is C14H19BrN2O3. The molecule has 110 valence electrons. The number of carboxylic acid groups (broad SMARTS) is 1. The van der Waals surface area contributed by atoms with Crippen LogP contribution < -0.4 is 11.1 Å². The molecule has 0 fully saturated rings. The summed E-state index contributed by atoms with van der Waals surface area (Å²) < 4.78 is 0.782. The van der Waals surface area contributed by atoms with E-state index in [-0.39, 0.29) is 17.7 Å². The van der Waals surface area contributed by atoms with E-state index in [1.165, 1.54) is 0 Å². The van der Waals surface area contributed by atoms with Gasteiger partial charge in [0.2, 0.25) is 0 Å². The van der Waals surface area contributed by atoms with Crippen molar-refractivity contribution in [2.75, 3.05) is 5.73 Å². The number of benzene rings is 1. The number of hydrogen-bond donors (Lipinski definition) is 3. The van der Waals surface area contributed by atoms with Gasteiger partial charge in [0.15, 0.2) is 0 Å². The monoisotopic (exact) mass is 342 g/mol. The zero-order valence-corrected chi connectivity index (χ0v) is 13.3. The Morgan fingerprint density at radius 3 is 2.45 bits per heavy atom. The first-order chi connectivity index (χ1) is 9.11. The highest BCUT2D eigenvalue weighted by molar-refractivity contribution is 9.10. The van der Waals surface area contributed by atoms with Crippen molar-refractivity contribution >= 4 is 33.5 Å². The second-order valence-electron chi connectivity index (χ2n) is 5.72. The minimum absolute atomic E-state index is 0.133.